The van der Waals surface area contributed by atoms with Crippen LogP contribution in [0.5, 0.6) is 0 Å². The Balaban J connectivity index is 1.20. The number of hydrogen-bond acceptors (Lipinski definition) is 4. The zero-order valence-corrected chi connectivity index (χ0v) is 18.9. The van der Waals surface area contributed by atoms with Gasteiger partial charge in [-0.1, -0.05) is 30.3 Å². The first-order valence-electron chi connectivity index (χ1n) is 11.4. The number of imidazole rings is 1. The second-order valence-electron chi connectivity index (χ2n) is 9.51. The lowest BCUT2D eigenvalue weighted by Gasteiger charge is -2.18. The predicted octanol–water partition coefficient (Wildman–Crippen LogP) is 5.84. The molecule has 6 rings (SSSR count). The molecule has 0 saturated heterocycles. The predicted molar refractivity (Wildman–Crippen MR) is 128 cm³/mol. The van der Waals surface area contributed by atoms with Crippen molar-refractivity contribution in [3.05, 3.63) is 60.5 Å². The molecule has 0 aliphatic heterocycles. The third kappa shape index (κ3) is 3.62. The Morgan fingerprint density at radius 3 is 2.69 bits per heavy atom. The molecule has 4 aromatic rings. The summed E-state index contributed by atoms with van der Waals surface area (Å²) in [7, 11) is 0. The van der Waals surface area contributed by atoms with Crippen molar-refractivity contribution in [2.24, 2.45) is 5.92 Å². The van der Waals surface area contributed by atoms with Crippen LogP contribution in [0.3, 0.4) is 0 Å². The first-order chi connectivity index (χ1) is 15.6. The van der Waals surface area contributed by atoms with E-state index in [4.69, 9.17) is 0 Å². The lowest BCUT2D eigenvalue weighted by Crippen LogP contribution is -2.38. The average Bonchev–Trinajstić information content (AvgIpc) is 3.28. The van der Waals surface area contributed by atoms with Crippen LogP contribution in [-0.2, 0) is 4.79 Å². The molecule has 5 nitrogen and oxygen atoms in total. The van der Waals surface area contributed by atoms with Gasteiger partial charge in [-0.25, -0.2) is 9.97 Å². The topological polar surface area (TPSA) is 59.8 Å². The van der Waals surface area contributed by atoms with Crippen LogP contribution >= 0.6 is 11.3 Å². The van der Waals surface area contributed by atoms with E-state index < -0.39 is 0 Å². The van der Waals surface area contributed by atoms with Crippen LogP contribution in [0, 0.1) is 5.92 Å². The normalized spacial score (nSPS) is 21.7. The molecule has 2 aromatic carbocycles. The van der Waals surface area contributed by atoms with Gasteiger partial charge >= 0.3 is 0 Å². The molecule has 162 valence electrons. The fourth-order valence-electron chi connectivity index (χ4n) is 4.85. The monoisotopic (exact) mass is 442 g/mol. The van der Waals surface area contributed by atoms with Crippen molar-refractivity contribution >= 4 is 27.5 Å². The lowest BCUT2D eigenvalue weighted by molar-refractivity contribution is -0.125. The van der Waals surface area contributed by atoms with E-state index in [-0.39, 0.29) is 17.4 Å². The molecule has 0 spiro atoms. The molecule has 2 saturated carbocycles. The Morgan fingerprint density at radius 2 is 1.88 bits per heavy atom. The summed E-state index contributed by atoms with van der Waals surface area (Å²) in [6.07, 6.45) is 8.93. The number of rotatable bonds is 5. The first kappa shape index (κ1) is 19.7. The number of nitrogens with zero attached hydrogens (tertiary/aromatic N) is 3. The van der Waals surface area contributed by atoms with Crippen LogP contribution in [0.1, 0.15) is 45.1 Å². The van der Waals surface area contributed by atoms with Crippen LogP contribution in [0.2, 0.25) is 0 Å². The van der Waals surface area contributed by atoms with Crippen LogP contribution in [-0.4, -0.2) is 26.0 Å². The van der Waals surface area contributed by atoms with Gasteiger partial charge in [0.1, 0.15) is 0 Å². The number of carbonyl (C=O) groups excluding carboxylic acids is 1. The fourth-order valence-corrected chi connectivity index (χ4v) is 5.56. The van der Waals surface area contributed by atoms with E-state index in [2.05, 4.69) is 69.2 Å². The van der Waals surface area contributed by atoms with Gasteiger partial charge in [0.25, 0.3) is 0 Å². The maximum atomic E-state index is 12.7. The van der Waals surface area contributed by atoms with Gasteiger partial charge in [-0.3, -0.25) is 4.79 Å². The minimum Gasteiger partial charge on any atom is -0.351 e. The van der Waals surface area contributed by atoms with Crippen molar-refractivity contribution in [1.29, 1.82) is 0 Å². The average molecular weight is 443 g/mol. The molecule has 2 aliphatic rings. The molecule has 1 amide bonds. The highest BCUT2D eigenvalue weighted by molar-refractivity contribution is 7.16. The van der Waals surface area contributed by atoms with E-state index in [9.17, 15) is 4.79 Å². The summed E-state index contributed by atoms with van der Waals surface area (Å²) in [5.74, 6) is 0.341. The van der Waals surface area contributed by atoms with Crippen molar-refractivity contribution in [3.63, 3.8) is 0 Å². The Morgan fingerprint density at radius 1 is 1.09 bits per heavy atom. The highest BCUT2D eigenvalue weighted by Crippen LogP contribution is 2.40. The van der Waals surface area contributed by atoms with Gasteiger partial charge in [-0.2, -0.15) is 0 Å². The summed E-state index contributed by atoms with van der Waals surface area (Å²) < 4.78 is 3.48. The molecule has 0 bridgehead atoms. The molecule has 2 heterocycles. The third-order valence-electron chi connectivity index (χ3n) is 7.11. The van der Waals surface area contributed by atoms with Crippen LogP contribution < -0.4 is 5.32 Å². The van der Waals surface area contributed by atoms with Crippen molar-refractivity contribution in [3.8, 4) is 22.4 Å². The minimum atomic E-state index is 0.0572. The number of fused-ring (bicyclic) bond motifs is 1. The van der Waals surface area contributed by atoms with Gasteiger partial charge in [0.15, 0.2) is 0 Å². The maximum absolute atomic E-state index is 12.7. The van der Waals surface area contributed by atoms with E-state index in [1.165, 1.54) is 15.8 Å². The van der Waals surface area contributed by atoms with Crippen LogP contribution in [0.25, 0.3) is 32.6 Å². The number of nitrogens with one attached hydrogen (secondary N) is 1. The number of carbonyl (C=O) groups is 1. The second-order valence-corrected chi connectivity index (χ2v) is 10.4. The molecular weight excluding hydrogens is 416 g/mol. The van der Waals surface area contributed by atoms with E-state index in [1.54, 1.807) is 11.3 Å². The zero-order valence-electron chi connectivity index (χ0n) is 18.1. The number of amides is 1. The SMILES string of the molecule is CC1(NC(=O)C2CCC(n3cncc3-c3ccc(-c4ccc5ncsc5c4)cc3)C2)CC1. The summed E-state index contributed by atoms with van der Waals surface area (Å²) in [5, 5.41) is 3.25. The standard InChI is InChI=1S/C26H26N4OS/c1-26(10-11-26)29-25(31)20-6-8-21(12-20)30-15-27-14-23(30)18-4-2-17(3-5-18)19-7-9-22-24(13-19)32-16-28-22/h2-5,7,9,13-16,20-21H,6,8,10-12H2,1H3,(H,29,31). The quantitative estimate of drug-likeness (QED) is 0.423. The van der Waals surface area contributed by atoms with Crippen molar-refractivity contribution < 1.29 is 4.79 Å². The molecule has 1 N–H and O–H groups in total. The van der Waals surface area contributed by atoms with Gasteiger partial charge in [-0.05, 0) is 67.9 Å². The van der Waals surface area contributed by atoms with Gasteiger partial charge in [0, 0.05) is 17.5 Å². The Kier molecular flexibility index (Phi) is 4.65. The van der Waals surface area contributed by atoms with Crippen molar-refractivity contribution in [1.82, 2.24) is 19.9 Å². The van der Waals surface area contributed by atoms with E-state index in [1.807, 2.05) is 18.0 Å². The highest BCUT2D eigenvalue weighted by Gasteiger charge is 2.41. The number of benzene rings is 2. The van der Waals surface area contributed by atoms with E-state index >= 15 is 0 Å². The van der Waals surface area contributed by atoms with Crippen LogP contribution in [0.4, 0.5) is 0 Å². The zero-order chi connectivity index (χ0) is 21.7. The lowest BCUT2D eigenvalue weighted by atomic mass is 10.0. The van der Waals surface area contributed by atoms with Gasteiger partial charge < -0.3 is 9.88 Å². The van der Waals surface area contributed by atoms with Gasteiger partial charge in [0.2, 0.25) is 5.91 Å². The molecule has 2 aliphatic carbocycles. The molecule has 2 fully saturated rings. The molecular formula is C26H26N4OS. The maximum Gasteiger partial charge on any atom is 0.223 e. The molecule has 0 radical (unpaired) electrons. The molecule has 32 heavy (non-hydrogen) atoms. The summed E-state index contributed by atoms with van der Waals surface area (Å²) >= 11 is 1.67. The fraction of sp³-hybridized carbons (Fsp3) is 0.346. The molecule has 2 aromatic heterocycles. The Labute approximate surface area is 191 Å². The van der Waals surface area contributed by atoms with Crippen molar-refractivity contribution in [2.75, 3.05) is 0 Å². The first-order valence-corrected chi connectivity index (χ1v) is 12.2. The van der Waals surface area contributed by atoms with Gasteiger partial charge in [-0.15, -0.1) is 11.3 Å². The third-order valence-corrected chi connectivity index (χ3v) is 7.90. The summed E-state index contributed by atoms with van der Waals surface area (Å²) in [6, 6.07) is 15.4. The highest BCUT2D eigenvalue weighted by atomic mass is 32.1. The Bertz CT molecular complexity index is 1280. The number of hydrogen-bond donors (Lipinski definition) is 1. The summed E-state index contributed by atoms with van der Waals surface area (Å²) in [6.45, 7) is 2.14. The molecule has 6 heteroatoms. The molecule has 2 atom stereocenters. The molecule has 2 unspecified atom stereocenters. The minimum absolute atomic E-state index is 0.0572. The van der Waals surface area contributed by atoms with Crippen LogP contribution in [0.15, 0.2) is 60.5 Å². The van der Waals surface area contributed by atoms with E-state index in [0.29, 0.717) is 6.04 Å². The largest absolute Gasteiger partial charge is 0.351 e. The van der Waals surface area contributed by atoms with E-state index in [0.717, 1.165) is 48.9 Å². The summed E-state index contributed by atoms with van der Waals surface area (Å²) in [4.78, 5) is 21.5. The van der Waals surface area contributed by atoms with Gasteiger partial charge in [0.05, 0.1) is 33.9 Å². The van der Waals surface area contributed by atoms with Crippen molar-refractivity contribution in [2.45, 2.75) is 50.6 Å². The second kappa shape index (κ2) is 7.55. The smallest absolute Gasteiger partial charge is 0.223 e. The number of thiazole rings is 1. The Hall–Kier alpha value is -2.99. The number of aromatic nitrogens is 3. The summed E-state index contributed by atoms with van der Waals surface area (Å²) in [5.41, 5.74) is 7.67.